The van der Waals surface area contributed by atoms with Crippen molar-refractivity contribution >= 4 is 30.4 Å². The van der Waals surface area contributed by atoms with Gasteiger partial charge in [0, 0.05) is 17.8 Å². The molecule has 0 aromatic heterocycles. The van der Waals surface area contributed by atoms with Gasteiger partial charge in [0.1, 0.15) is 0 Å². The van der Waals surface area contributed by atoms with Crippen molar-refractivity contribution in [3.63, 3.8) is 0 Å². The first-order valence-electron chi connectivity index (χ1n) is 55.4. The fraction of sp³-hybridized carbons (Fsp3) is 1.00. The molecule has 37 heteroatoms. The standard InChI is InChI=1S/3C32H56N8O3S.Fe/c3*41-44(42,43)23-15-7-14-22-24(23)32-39-30-21-13-6-5-12-20(21)28(37-30)35-26-17-9-2-1-8-16(17)25(33-26)34-27-18-10-3-4-11-19(18)29(36-27)38-31(22)40-32;/h3*16-40H,1-15H2,(H,41,42,43);/q;;;+3/p-3. The van der Waals surface area contributed by atoms with E-state index in [9.17, 15) is 38.9 Å². The Hall–Kier alpha value is -0.711. The molecule has 15 aliphatic heterocycles. The second kappa shape index (κ2) is 38.9. The Balaban J connectivity index is 0.000000109. The maximum absolute atomic E-state index is 12.7. The van der Waals surface area contributed by atoms with Gasteiger partial charge in [0.15, 0.2) is 0 Å². The third-order valence-electron chi connectivity index (χ3n) is 42.6. The number of hydrogen-bond donors (Lipinski definition) is 24. The summed E-state index contributed by atoms with van der Waals surface area (Å²) in [4.78, 5) is 0. The molecule has 24 bridgehead atoms. The van der Waals surface area contributed by atoms with Crippen LogP contribution in [0.2, 0.25) is 0 Å². The number of rotatable bonds is 3. The molecule has 1 radical (unpaired) electrons. The molecule has 0 spiro atoms. The van der Waals surface area contributed by atoms with Gasteiger partial charge in [-0.25, -0.2) is 25.3 Å². The first-order valence-corrected chi connectivity index (χ1v) is 59.8. The predicted octanol–water partition coefficient (Wildman–Crippen LogP) is 3.39. The minimum Gasteiger partial charge on any atom is -0.748 e. The Morgan fingerprint density at radius 1 is 0.128 bits per heavy atom. The fourth-order valence-corrected chi connectivity index (χ4v) is 40.6. The van der Waals surface area contributed by atoms with Crippen LogP contribution in [0.1, 0.15) is 289 Å². The van der Waals surface area contributed by atoms with Crippen LogP contribution in [0.3, 0.4) is 0 Å². The van der Waals surface area contributed by atoms with Crippen molar-refractivity contribution in [1.29, 1.82) is 0 Å². The van der Waals surface area contributed by atoms with Gasteiger partial charge in [0.05, 0.1) is 194 Å². The van der Waals surface area contributed by atoms with E-state index in [4.69, 9.17) is 0 Å². The maximum Gasteiger partial charge on any atom is 3.00 e. The number of nitrogens with one attached hydrogen (secondary N) is 24. The van der Waals surface area contributed by atoms with E-state index in [-0.39, 0.29) is 182 Å². The molecule has 24 N–H and O–H groups in total. The van der Waals surface area contributed by atoms with Crippen molar-refractivity contribution in [3.05, 3.63) is 0 Å². The molecule has 15 heterocycles. The van der Waals surface area contributed by atoms with Gasteiger partial charge in [-0.2, -0.15) is 0 Å². The van der Waals surface area contributed by atoms with Gasteiger partial charge in [0.25, 0.3) is 0 Å². The van der Waals surface area contributed by atoms with Crippen LogP contribution >= 0.6 is 0 Å². The topological polar surface area (TPSA) is 460 Å². The van der Waals surface area contributed by atoms with Gasteiger partial charge in [-0.3, -0.25) is 128 Å². The summed E-state index contributed by atoms with van der Waals surface area (Å²) < 4.78 is 114. The normalized spacial score (nSPS) is 55.1. The summed E-state index contributed by atoms with van der Waals surface area (Å²) in [6.45, 7) is 0. The van der Waals surface area contributed by atoms with E-state index < -0.39 is 46.1 Å². The van der Waals surface area contributed by atoms with E-state index in [2.05, 4.69) is 128 Å². The van der Waals surface area contributed by atoms with Gasteiger partial charge in [-0.05, 0) is 278 Å². The summed E-state index contributed by atoms with van der Waals surface area (Å²) >= 11 is 0. The zero-order chi connectivity index (χ0) is 88.7. The SMILES string of the molecule is O=S(=O)([O-])C1CCCC2C3NC4NC(NC5NC(NC6NC(NC(N3)C21)C1CCCCC61)C1CCCCC51)C1CCCCC41.O=S(=O)([O-])C1CCCC2C3NC4NC(NC5NC(NC6NC(NC(N3)C21)C1CCCCC61)C1CCCCC51)C1CCCCC41.O=S(=O)([O-])C1CCCC2C3NC4NC(NC5NC(NC6NC(NC(N3)C21)C1CCCCC61)C1CCCCC51)C1CCCCC41.[Fe+3]. The molecule has 27 rings (SSSR count). The molecule has 51 unspecified atom stereocenters. The van der Waals surface area contributed by atoms with Crippen molar-refractivity contribution in [2.24, 2.45) is 142 Å². The minimum atomic E-state index is -4.41. The summed E-state index contributed by atoms with van der Waals surface area (Å²) in [6, 6.07) is 0. The molecule has 0 amide bonds. The molecule has 27 aliphatic rings. The molecular weight excluding hydrogens is 1790 g/mol. The molecule has 0 aromatic rings. The quantitative estimate of drug-likeness (QED) is 0.142. The number of hydrogen-bond acceptors (Lipinski definition) is 33. The summed E-state index contributed by atoms with van der Waals surface area (Å²) in [5, 5.41) is 94.6. The molecule has 15 saturated heterocycles. The Labute approximate surface area is 803 Å². The molecular formula is C96H165FeN24O9S3. The van der Waals surface area contributed by atoms with Crippen LogP contribution in [0.5, 0.6) is 0 Å². The summed E-state index contributed by atoms with van der Waals surface area (Å²) in [5.41, 5.74) is 0. The van der Waals surface area contributed by atoms with Crippen LogP contribution in [-0.2, 0) is 47.4 Å². The molecule has 12 aliphatic carbocycles. The Bertz CT molecular complexity index is 3960. The van der Waals surface area contributed by atoms with Crippen LogP contribution < -0.4 is 128 Å². The van der Waals surface area contributed by atoms with Crippen LogP contribution in [0.15, 0.2) is 0 Å². The molecule has 12 saturated carbocycles. The second-order valence-corrected chi connectivity index (χ2v) is 53.4. The Morgan fingerprint density at radius 2 is 0.218 bits per heavy atom. The minimum absolute atomic E-state index is 0. The first-order chi connectivity index (χ1) is 64.3. The second-order valence-electron chi connectivity index (χ2n) is 48.6. The van der Waals surface area contributed by atoms with Gasteiger partial charge in [-0.15, -0.1) is 0 Å². The van der Waals surface area contributed by atoms with Crippen LogP contribution in [-0.4, -0.2) is 203 Å². The summed E-state index contributed by atoms with van der Waals surface area (Å²) in [7, 11) is -13.2. The zero-order valence-electron chi connectivity index (χ0n) is 78.5. The van der Waals surface area contributed by atoms with Gasteiger partial charge >= 0.3 is 17.1 Å². The first kappa shape index (κ1) is 94.6. The van der Waals surface area contributed by atoms with E-state index in [0.717, 1.165) is 38.5 Å². The smallest absolute Gasteiger partial charge is 0.748 e. The fourth-order valence-electron chi connectivity index (χ4n) is 37.0. The predicted molar refractivity (Wildman–Crippen MR) is 498 cm³/mol. The largest absolute Gasteiger partial charge is 3.00 e. The van der Waals surface area contributed by atoms with Crippen molar-refractivity contribution in [1.82, 2.24) is 128 Å². The molecule has 33 nitrogen and oxygen atoms in total. The monoisotopic (exact) mass is 1950 g/mol. The van der Waals surface area contributed by atoms with E-state index >= 15 is 0 Å². The van der Waals surface area contributed by atoms with Crippen LogP contribution in [0, 0.1) is 142 Å². The van der Waals surface area contributed by atoms with Crippen LogP contribution in [0.25, 0.3) is 0 Å². The third-order valence-corrected chi connectivity index (χ3v) is 46.5. The summed E-state index contributed by atoms with van der Waals surface area (Å²) in [6.07, 6.45) is 55.5. The molecule has 133 heavy (non-hydrogen) atoms. The maximum atomic E-state index is 12.7. The zero-order valence-corrected chi connectivity index (χ0v) is 82.1. The van der Waals surface area contributed by atoms with Crippen molar-refractivity contribution in [2.45, 2.75) is 453 Å². The van der Waals surface area contributed by atoms with Gasteiger partial charge in [-0.1, -0.05) is 135 Å². The van der Waals surface area contributed by atoms with Gasteiger partial charge < -0.3 is 13.7 Å². The third kappa shape index (κ3) is 17.9. The van der Waals surface area contributed by atoms with Crippen LogP contribution in [0.4, 0.5) is 0 Å². The molecule has 0 aromatic carbocycles. The number of fused-ring (bicyclic) bond motifs is 60. The average molecular weight is 1950 g/mol. The van der Waals surface area contributed by atoms with Crippen molar-refractivity contribution in [3.8, 4) is 0 Å². The molecule has 27 fully saturated rings. The van der Waals surface area contributed by atoms with E-state index in [1.54, 1.807) is 0 Å². The Kier molecular flexibility index (Phi) is 27.7. The van der Waals surface area contributed by atoms with E-state index in [1.807, 2.05) is 0 Å². The van der Waals surface area contributed by atoms with Gasteiger partial charge in [0.2, 0.25) is 0 Å². The van der Waals surface area contributed by atoms with E-state index in [0.29, 0.717) is 144 Å². The van der Waals surface area contributed by atoms with Crippen molar-refractivity contribution in [2.75, 3.05) is 0 Å². The summed E-state index contributed by atoms with van der Waals surface area (Å²) in [5.74, 6) is 10.0. The Morgan fingerprint density at radius 3 is 0.323 bits per heavy atom. The average Bonchev–Trinajstić information content (AvgIpc) is 1.60. The molecule has 51 atom stereocenters. The van der Waals surface area contributed by atoms with Crippen molar-refractivity contribution < 1.29 is 56.0 Å². The van der Waals surface area contributed by atoms with E-state index in [1.165, 1.54) is 231 Å². The molecule has 749 valence electrons.